The van der Waals surface area contributed by atoms with Crippen LogP contribution in [0.25, 0.3) is 0 Å². The first-order valence-corrected chi connectivity index (χ1v) is 22.0. The van der Waals surface area contributed by atoms with E-state index in [0.717, 1.165) is 27.4 Å². The second-order valence-electron chi connectivity index (χ2n) is 13.6. The van der Waals surface area contributed by atoms with E-state index < -0.39 is 50.0 Å². The van der Waals surface area contributed by atoms with Gasteiger partial charge in [0.15, 0.2) is 18.5 Å². The third-order valence-electron chi connectivity index (χ3n) is 9.30. The van der Waals surface area contributed by atoms with Gasteiger partial charge in [-0.15, -0.1) is 23.5 Å². The molecular formula is C42H51NO7S2Si. The fourth-order valence-corrected chi connectivity index (χ4v) is 14.1. The van der Waals surface area contributed by atoms with Crippen molar-refractivity contribution >= 4 is 54.1 Å². The molecule has 0 aromatic heterocycles. The minimum absolute atomic E-state index is 0.163. The van der Waals surface area contributed by atoms with E-state index in [1.54, 1.807) is 61.9 Å². The van der Waals surface area contributed by atoms with Crippen LogP contribution in [0.2, 0.25) is 5.04 Å². The molecule has 0 saturated carbocycles. The lowest BCUT2D eigenvalue weighted by molar-refractivity contribution is -0.296. The van der Waals surface area contributed by atoms with E-state index in [9.17, 15) is 9.59 Å². The molecule has 0 radical (unpaired) electrons. The van der Waals surface area contributed by atoms with Gasteiger partial charge in [0.1, 0.15) is 18.0 Å². The van der Waals surface area contributed by atoms with E-state index in [4.69, 9.17) is 23.4 Å². The van der Waals surface area contributed by atoms with E-state index in [-0.39, 0.29) is 10.5 Å². The fraction of sp³-hybridized carbons (Fsp3) is 0.381. The van der Waals surface area contributed by atoms with Gasteiger partial charge in [0.05, 0.1) is 17.3 Å². The molecule has 53 heavy (non-hydrogen) atoms. The molecule has 0 spiro atoms. The Morgan fingerprint density at radius 2 is 1.28 bits per heavy atom. The maximum atomic E-state index is 14.5. The van der Waals surface area contributed by atoms with Crippen LogP contribution in [0, 0.1) is 0 Å². The lowest BCUT2D eigenvalue weighted by Gasteiger charge is -2.49. The smallest absolute Gasteiger partial charge is 0.338 e. The molecule has 282 valence electrons. The van der Waals surface area contributed by atoms with Crippen LogP contribution < -0.4 is 20.4 Å². The lowest BCUT2D eigenvalue weighted by atomic mass is 10.00. The number of hydrogen-bond acceptors (Lipinski definition) is 9. The number of methoxy groups -OCH3 is 1. The van der Waals surface area contributed by atoms with Crippen molar-refractivity contribution in [2.24, 2.45) is 0 Å². The Kier molecular flexibility index (Phi) is 14.3. The predicted octanol–water partition coefficient (Wildman–Crippen LogP) is 7.23. The van der Waals surface area contributed by atoms with Gasteiger partial charge in [0.2, 0.25) is 0 Å². The van der Waals surface area contributed by atoms with E-state index in [2.05, 4.69) is 64.2 Å². The molecule has 11 heteroatoms. The molecular weight excluding hydrogens is 723 g/mol. The summed E-state index contributed by atoms with van der Waals surface area (Å²) in [6.45, 7) is 10.7. The molecule has 1 N–H and O–H groups in total. The Bertz CT molecular complexity index is 1700. The highest BCUT2D eigenvalue weighted by molar-refractivity contribution is 8.17. The number of esters is 1. The summed E-state index contributed by atoms with van der Waals surface area (Å²) in [6, 6.07) is 36.6. The molecule has 0 bridgehead atoms. The van der Waals surface area contributed by atoms with Crippen LogP contribution in [-0.2, 0) is 23.4 Å². The number of rotatable bonds is 15. The van der Waals surface area contributed by atoms with Crippen molar-refractivity contribution in [3.8, 4) is 5.75 Å². The maximum Gasteiger partial charge on any atom is 0.338 e. The molecule has 1 heterocycles. The molecule has 1 saturated heterocycles. The van der Waals surface area contributed by atoms with Crippen LogP contribution >= 0.6 is 23.5 Å². The summed E-state index contributed by atoms with van der Waals surface area (Å²) >= 11 is 3.43. The third kappa shape index (κ3) is 9.21. The molecule has 4 aromatic carbocycles. The van der Waals surface area contributed by atoms with Crippen LogP contribution in [0.1, 0.15) is 56.8 Å². The molecule has 5 rings (SSSR count). The van der Waals surface area contributed by atoms with Crippen molar-refractivity contribution in [3.05, 3.63) is 126 Å². The monoisotopic (exact) mass is 773 g/mol. The molecule has 4 aromatic rings. The molecule has 1 fully saturated rings. The Morgan fingerprint density at radius 1 is 0.774 bits per heavy atom. The largest absolute Gasteiger partial charge is 0.497 e. The van der Waals surface area contributed by atoms with Gasteiger partial charge >= 0.3 is 5.97 Å². The summed E-state index contributed by atoms with van der Waals surface area (Å²) in [5, 5.41) is 4.42. The first-order chi connectivity index (χ1) is 25.6. The normalized spacial score (nSPS) is 19.7. The topological polar surface area (TPSA) is 92.3 Å². The standard InChI is InChI=1S/C42H51NO7S2Si/c1-8-51-41(52-9-2)37-35(47-39(45)29-19-13-10-14-20-29)34(48-40(49-37)30-25-27-31(46-7)28-26-30)36(38(44)43-6)50-53(42(3,4)5,32-21-15-11-16-22-32)33-23-17-12-18-24-33/h10-28,34-37,40-41H,8-9H2,1-7H3,(H,43,44)/t34-,35-,36+,37+,40?/m0/s1. The van der Waals surface area contributed by atoms with Crippen molar-refractivity contribution in [1.82, 2.24) is 5.32 Å². The van der Waals surface area contributed by atoms with Crippen molar-refractivity contribution in [3.63, 3.8) is 0 Å². The van der Waals surface area contributed by atoms with Gasteiger partial charge in [0, 0.05) is 12.6 Å². The second-order valence-corrected chi connectivity index (χ2v) is 21.0. The first kappa shape index (κ1) is 40.6. The maximum absolute atomic E-state index is 14.5. The van der Waals surface area contributed by atoms with E-state index in [0.29, 0.717) is 11.3 Å². The number of likely N-dealkylation sites (N-methyl/N-ethyl adjacent to an activating group) is 1. The van der Waals surface area contributed by atoms with Gasteiger partial charge in [-0.3, -0.25) is 4.79 Å². The van der Waals surface area contributed by atoms with Crippen molar-refractivity contribution < 1.29 is 33.0 Å². The quantitative estimate of drug-likeness (QED) is 0.0764. The molecule has 8 nitrogen and oxygen atoms in total. The summed E-state index contributed by atoms with van der Waals surface area (Å²) in [7, 11) is -0.142. The fourth-order valence-electron chi connectivity index (χ4n) is 6.80. The first-order valence-electron chi connectivity index (χ1n) is 18.0. The summed E-state index contributed by atoms with van der Waals surface area (Å²) < 4.78 is 33.2. The van der Waals surface area contributed by atoms with Crippen molar-refractivity contribution in [2.45, 2.75) is 74.9 Å². The predicted molar refractivity (Wildman–Crippen MR) is 218 cm³/mol. The van der Waals surface area contributed by atoms with E-state index in [1.807, 2.05) is 66.7 Å². The minimum Gasteiger partial charge on any atom is -0.497 e. The number of amides is 1. The van der Waals surface area contributed by atoms with Crippen molar-refractivity contribution in [1.29, 1.82) is 0 Å². The second kappa shape index (κ2) is 18.6. The van der Waals surface area contributed by atoms with Gasteiger partial charge in [-0.1, -0.05) is 126 Å². The third-order valence-corrected chi connectivity index (χ3v) is 17.0. The van der Waals surface area contributed by atoms with Gasteiger partial charge in [-0.25, -0.2) is 4.79 Å². The van der Waals surface area contributed by atoms with Gasteiger partial charge in [-0.2, -0.15) is 0 Å². The highest BCUT2D eigenvalue weighted by Gasteiger charge is 2.57. The summed E-state index contributed by atoms with van der Waals surface area (Å²) in [6.07, 6.45) is -4.91. The summed E-state index contributed by atoms with van der Waals surface area (Å²) in [4.78, 5) is 28.6. The van der Waals surface area contributed by atoms with Crippen LogP contribution in [0.3, 0.4) is 0 Å². The van der Waals surface area contributed by atoms with E-state index >= 15 is 0 Å². The summed E-state index contributed by atoms with van der Waals surface area (Å²) in [5.74, 6) is 1.36. The zero-order valence-corrected chi connectivity index (χ0v) is 34.2. The minimum atomic E-state index is -3.35. The highest BCUT2D eigenvalue weighted by atomic mass is 32.2. The lowest BCUT2D eigenvalue weighted by Crippen LogP contribution is -2.71. The van der Waals surface area contributed by atoms with E-state index in [1.165, 1.54) is 0 Å². The zero-order valence-electron chi connectivity index (χ0n) is 31.5. The summed E-state index contributed by atoms with van der Waals surface area (Å²) in [5.41, 5.74) is 1.12. The van der Waals surface area contributed by atoms with Gasteiger partial charge in [-0.05, 0) is 51.2 Å². The zero-order chi connectivity index (χ0) is 38.0. The van der Waals surface area contributed by atoms with Gasteiger partial charge < -0.3 is 28.7 Å². The SMILES string of the molecule is CCSC(SCC)[C@@H]1OC(c2ccc(OC)cc2)O[C@H]([C@@H](O[Si](c2ccccc2)(c2ccccc2)C(C)(C)C)C(=O)NC)[C@@H]1OC(=O)c1ccccc1. The molecule has 5 atom stereocenters. The number of thioether (sulfide) groups is 2. The number of hydrogen-bond donors (Lipinski definition) is 1. The number of carbonyl (C=O) groups is 2. The Hall–Kier alpha value is -3.58. The van der Waals surface area contributed by atoms with Crippen molar-refractivity contribution in [2.75, 3.05) is 25.7 Å². The highest BCUT2D eigenvalue weighted by Crippen LogP contribution is 2.44. The van der Waals surface area contributed by atoms with Crippen LogP contribution in [0.4, 0.5) is 0 Å². The molecule has 1 unspecified atom stereocenters. The Morgan fingerprint density at radius 3 is 1.75 bits per heavy atom. The average Bonchev–Trinajstić information content (AvgIpc) is 3.18. The Labute approximate surface area is 323 Å². The van der Waals surface area contributed by atoms with Crippen LogP contribution in [0.5, 0.6) is 5.75 Å². The molecule has 1 aliphatic rings. The molecule has 1 amide bonds. The Balaban J connectivity index is 1.74. The molecule has 0 aliphatic carbocycles. The van der Waals surface area contributed by atoms with Crippen LogP contribution in [-0.4, -0.2) is 74.9 Å². The number of benzene rings is 4. The number of carbonyl (C=O) groups excluding carboxylic acids is 2. The molecule has 1 aliphatic heterocycles. The van der Waals surface area contributed by atoms with Gasteiger partial charge in [0.25, 0.3) is 14.2 Å². The number of nitrogens with one attached hydrogen (secondary N) is 1. The average molecular weight is 774 g/mol. The van der Waals surface area contributed by atoms with Crippen LogP contribution in [0.15, 0.2) is 115 Å². The number of ether oxygens (including phenoxy) is 4.